The predicted octanol–water partition coefficient (Wildman–Crippen LogP) is 0.466. The summed E-state index contributed by atoms with van der Waals surface area (Å²) < 4.78 is 5.17. The molecule has 0 aliphatic rings. The first-order valence-corrected chi connectivity index (χ1v) is 5.13. The average molecular weight is 202 g/mol. The van der Waals surface area contributed by atoms with Crippen LogP contribution in [0.1, 0.15) is 20.3 Å². The van der Waals surface area contributed by atoms with Crippen LogP contribution >= 0.6 is 0 Å². The third kappa shape index (κ3) is 5.94. The van der Waals surface area contributed by atoms with E-state index in [4.69, 9.17) is 10.5 Å². The first-order valence-electron chi connectivity index (χ1n) is 5.13. The first-order chi connectivity index (χ1) is 6.61. The second kappa shape index (κ2) is 7.76. The van der Waals surface area contributed by atoms with Crippen LogP contribution in [0.4, 0.5) is 0 Å². The molecule has 0 aromatic rings. The molecule has 0 aromatic carbocycles. The van der Waals surface area contributed by atoms with Crippen molar-refractivity contribution in [3.8, 4) is 0 Å². The van der Waals surface area contributed by atoms with E-state index in [1.165, 1.54) is 0 Å². The molecule has 0 saturated carbocycles. The lowest BCUT2D eigenvalue weighted by Gasteiger charge is -2.18. The molecule has 0 aromatic heterocycles. The van der Waals surface area contributed by atoms with Gasteiger partial charge in [0.2, 0.25) is 5.91 Å². The minimum Gasteiger partial charge on any atom is -0.380 e. The van der Waals surface area contributed by atoms with Gasteiger partial charge in [0, 0.05) is 26.6 Å². The molecule has 4 heteroatoms. The summed E-state index contributed by atoms with van der Waals surface area (Å²) in [5, 5.41) is 0. The zero-order chi connectivity index (χ0) is 11.0. The maximum atomic E-state index is 11.5. The number of rotatable bonds is 7. The van der Waals surface area contributed by atoms with Gasteiger partial charge in [0.25, 0.3) is 0 Å². The van der Waals surface area contributed by atoms with Gasteiger partial charge in [-0.15, -0.1) is 0 Å². The third-order valence-electron chi connectivity index (χ3n) is 2.13. The van der Waals surface area contributed by atoms with Crippen LogP contribution in [-0.2, 0) is 9.53 Å². The standard InChI is InChI=1S/C10H22N2O2/c1-4-14-6-5-12(3)10(13)7-9(2)8-11/h9H,4-8,11H2,1-3H3. The fraction of sp³-hybridized carbons (Fsp3) is 0.900. The van der Waals surface area contributed by atoms with E-state index in [0.29, 0.717) is 32.7 Å². The smallest absolute Gasteiger partial charge is 0.222 e. The summed E-state index contributed by atoms with van der Waals surface area (Å²) in [5.74, 6) is 0.402. The van der Waals surface area contributed by atoms with Crippen LogP contribution in [0.25, 0.3) is 0 Å². The molecule has 2 N–H and O–H groups in total. The molecule has 0 bridgehead atoms. The molecule has 14 heavy (non-hydrogen) atoms. The Morgan fingerprint density at radius 2 is 2.21 bits per heavy atom. The van der Waals surface area contributed by atoms with Gasteiger partial charge in [-0.1, -0.05) is 6.92 Å². The number of hydrogen-bond donors (Lipinski definition) is 1. The predicted molar refractivity (Wildman–Crippen MR) is 57.0 cm³/mol. The van der Waals surface area contributed by atoms with Gasteiger partial charge in [-0.3, -0.25) is 4.79 Å². The average Bonchev–Trinajstić information content (AvgIpc) is 2.17. The Kier molecular flexibility index (Phi) is 7.42. The largest absolute Gasteiger partial charge is 0.380 e. The van der Waals surface area contributed by atoms with E-state index in [0.717, 1.165) is 0 Å². The molecule has 1 atom stereocenters. The Labute approximate surface area is 86.4 Å². The lowest BCUT2D eigenvalue weighted by molar-refractivity contribution is -0.131. The van der Waals surface area contributed by atoms with E-state index in [1.807, 2.05) is 13.8 Å². The normalized spacial score (nSPS) is 12.6. The van der Waals surface area contributed by atoms with Crippen molar-refractivity contribution in [1.29, 1.82) is 0 Å². The van der Waals surface area contributed by atoms with Crippen LogP contribution in [0, 0.1) is 5.92 Å². The van der Waals surface area contributed by atoms with Gasteiger partial charge in [0.15, 0.2) is 0 Å². The number of likely N-dealkylation sites (N-methyl/N-ethyl adjacent to an activating group) is 1. The van der Waals surface area contributed by atoms with E-state index in [2.05, 4.69) is 0 Å². The van der Waals surface area contributed by atoms with Crippen LogP contribution in [0.15, 0.2) is 0 Å². The number of nitrogens with two attached hydrogens (primary N) is 1. The second-order valence-electron chi connectivity index (χ2n) is 3.56. The molecule has 0 aliphatic carbocycles. The molecule has 1 amide bonds. The Bertz CT molecular complexity index is 162. The summed E-state index contributed by atoms with van der Waals surface area (Å²) in [4.78, 5) is 13.2. The van der Waals surface area contributed by atoms with Crippen molar-refractivity contribution in [2.75, 3.05) is 33.4 Å². The van der Waals surface area contributed by atoms with Crippen LogP contribution in [0.5, 0.6) is 0 Å². The highest BCUT2D eigenvalue weighted by Crippen LogP contribution is 2.02. The summed E-state index contributed by atoms with van der Waals surface area (Å²) in [6.45, 7) is 6.44. The van der Waals surface area contributed by atoms with Crippen molar-refractivity contribution in [2.45, 2.75) is 20.3 Å². The van der Waals surface area contributed by atoms with Gasteiger partial charge in [0.1, 0.15) is 0 Å². The first kappa shape index (κ1) is 13.4. The second-order valence-corrected chi connectivity index (χ2v) is 3.56. The van der Waals surface area contributed by atoms with E-state index in [9.17, 15) is 4.79 Å². The summed E-state index contributed by atoms with van der Waals surface area (Å²) in [6, 6.07) is 0. The number of carbonyl (C=O) groups is 1. The van der Waals surface area contributed by atoms with E-state index in [-0.39, 0.29) is 11.8 Å². The zero-order valence-electron chi connectivity index (χ0n) is 9.45. The topological polar surface area (TPSA) is 55.6 Å². The Morgan fingerprint density at radius 3 is 2.71 bits per heavy atom. The Morgan fingerprint density at radius 1 is 1.57 bits per heavy atom. The quantitative estimate of drug-likeness (QED) is 0.610. The maximum Gasteiger partial charge on any atom is 0.222 e. The molecule has 0 fully saturated rings. The number of carbonyl (C=O) groups excluding carboxylic acids is 1. The molecule has 0 heterocycles. The molecule has 4 nitrogen and oxygen atoms in total. The minimum absolute atomic E-state index is 0.141. The van der Waals surface area contributed by atoms with Crippen molar-refractivity contribution in [3.63, 3.8) is 0 Å². The molecule has 0 rings (SSSR count). The summed E-state index contributed by atoms with van der Waals surface area (Å²) in [6.07, 6.45) is 0.527. The highest BCUT2D eigenvalue weighted by Gasteiger charge is 2.11. The SMILES string of the molecule is CCOCCN(C)C(=O)CC(C)CN. The van der Waals surface area contributed by atoms with Gasteiger partial charge in [-0.05, 0) is 19.4 Å². The monoisotopic (exact) mass is 202 g/mol. The number of nitrogens with zero attached hydrogens (tertiary/aromatic N) is 1. The summed E-state index contributed by atoms with van der Waals surface area (Å²) >= 11 is 0. The highest BCUT2D eigenvalue weighted by molar-refractivity contribution is 5.76. The van der Waals surface area contributed by atoms with Gasteiger partial charge < -0.3 is 15.4 Å². The number of amides is 1. The Balaban J connectivity index is 3.64. The molecule has 84 valence electrons. The zero-order valence-corrected chi connectivity index (χ0v) is 9.45. The number of ether oxygens (including phenoxy) is 1. The van der Waals surface area contributed by atoms with Crippen LogP contribution in [0.2, 0.25) is 0 Å². The van der Waals surface area contributed by atoms with E-state index >= 15 is 0 Å². The van der Waals surface area contributed by atoms with Gasteiger partial charge in [-0.2, -0.15) is 0 Å². The fourth-order valence-electron chi connectivity index (χ4n) is 1.01. The molecule has 0 spiro atoms. The highest BCUT2D eigenvalue weighted by atomic mass is 16.5. The molecule has 0 aliphatic heterocycles. The fourth-order valence-corrected chi connectivity index (χ4v) is 1.01. The minimum atomic E-state index is 0.141. The summed E-state index contributed by atoms with van der Waals surface area (Å²) in [7, 11) is 1.80. The number of hydrogen-bond acceptors (Lipinski definition) is 3. The van der Waals surface area contributed by atoms with Crippen LogP contribution < -0.4 is 5.73 Å². The van der Waals surface area contributed by atoms with Gasteiger partial charge >= 0.3 is 0 Å². The molecule has 0 saturated heterocycles. The lowest BCUT2D eigenvalue weighted by Crippen LogP contribution is -2.32. The molecule has 0 radical (unpaired) electrons. The van der Waals surface area contributed by atoms with Crippen molar-refractivity contribution < 1.29 is 9.53 Å². The third-order valence-corrected chi connectivity index (χ3v) is 2.13. The van der Waals surface area contributed by atoms with Crippen molar-refractivity contribution in [2.24, 2.45) is 11.7 Å². The van der Waals surface area contributed by atoms with Crippen LogP contribution in [-0.4, -0.2) is 44.2 Å². The molecular formula is C10H22N2O2. The molecule has 1 unspecified atom stereocenters. The van der Waals surface area contributed by atoms with E-state index < -0.39 is 0 Å². The van der Waals surface area contributed by atoms with Crippen molar-refractivity contribution in [1.82, 2.24) is 4.90 Å². The van der Waals surface area contributed by atoms with Crippen LogP contribution in [0.3, 0.4) is 0 Å². The maximum absolute atomic E-state index is 11.5. The van der Waals surface area contributed by atoms with Gasteiger partial charge in [0.05, 0.1) is 6.61 Å². The summed E-state index contributed by atoms with van der Waals surface area (Å²) in [5.41, 5.74) is 5.45. The van der Waals surface area contributed by atoms with E-state index in [1.54, 1.807) is 11.9 Å². The van der Waals surface area contributed by atoms with Gasteiger partial charge in [-0.25, -0.2) is 0 Å². The molecular weight excluding hydrogens is 180 g/mol. The van der Waals surface area contributed by atoms with Crippen molar-refractivity contribution in [3.05, 3.63) is 0 Å². The van der Waals surface area contributed by atoms with Crippen molar-refractivity contribution >= 4 is 5.91 Å². The lowest BCUT2D eigenvalue weighted by atomic mass is 10.1. The Hall–Kier alpha value is -0.610.